The molecule has 0 spiro atoms. The van der Waals surface area contributed by atoms with E-state index in [9.17, 15) is 4.79 Å². The van der Waals surface area contributed by atoms with Gasteiger partial charge in [-0.15, -0.1) is 0 Å². The number of carbonyl (C=O) groups is 1. The summed E-state index contributed by atoms with van der Waals surface area (Å²) in [6.45, 7) is 3.00. The maximum absolute atomic E-state index is 12.7. The van der Waals surface area contributed by atoms with Gasteiger partial charge in [0.2, 0.25) is 5.91 Å². The molecule has 0 saturated carbocycles. The molecule has 1 saturated heterocycles. The minimum absolute atomic E-state index is 0.215. The Morgan fingerprint density at radius 2 is 2.18 bits per heavy atom. The van der Waals surface area contributed by atoms with Crippen molar-refractivity contribution in [3.8, 4) is 0 Å². The number of hydrogen-bond donors (Lipinski definition) is 0. The Morgan fingerprint density at radius 1 is 1.21 bits per heavy atom. The molecule has 3 aromatic heterocycles. The lowest BCUT2D eigenvalue weighted by Gasteiger charge is -2.32. The first kappa shape index (κ1) is 18.3. The first-order valence-electron chi connectivity index (χ1n) is 9.81. The number of imidazole rings is 1. The van der Waals surface area contributed by atoms with E-state index in [0.29, 0.717) is 13.0 Å². The minimum Gasteiger partial charge on any atom is -0.342 e. The van der Waals surface area contributed by atoms with Crippen molar-refractivity contribution in [2.75, 3.05) is 13.1 Å². The van der Waals surface area contributed by atoms with Crippen molar-refractivity contribution >= 4 is 5.91 Å². The summed E-state index contributed by atoms with van der Waals surface area (Å²) in [6.07, 6.45) is 12.2. The zero-order valence-corrected chi connectivity index (χ0v) is 15.9. The second-order valence-electron chi connectivity index (χ2n) is 7.18. The molecule has 1 atom stereocenters. The molecule has 0 radical (unpaired) electrons. The van der Waals surface area contributed by atoms with Gasteiger partial charge in [0, 0.05) is 50.6 Å². The van der Waals surface area contributed by atoms with Crippen LogP contribution in [0, 0.1) is 0 Å². The Labute approximate surface area is 164 Å². The summed E-state index contributed by atoms with van der Waals surface area (Å²) in [6, 6.07) is 5.95. The van der Waals surface area contributed by atoms with Crippen LogP contribution < -0.4 is 0 Å². The monoisotopic (exact) mass is 379 g/mol. The topological polar surface area (TPSA) is 81.7 Å². The molecule has 1 fully saturated rings. The van der Waals surface area contributed by atoms with Crippen LogP contribution in [0.3, 0.4) is 0 Å². The van der Waals surface area contributed by atoms with Crippen LogP contribution in [-0.2, 0) is 17.9 Å². The predicted molar refractivity (Wildman–Crippen MR) is 103 cm³/mol. The number of piperidine rings is 1. The molecule has 1 aliphatic heterocycles. The van der Waals surface area contributed by atoms with Crippen molar-refractivity contribution in [3.05, 3.63) is 61.0 Å². The normalized spacial score (nSPS) is 17.0. The highest BCUT2D eigenvalue weighted by atomic mass is 16.2. The van der Waals surface area contributed by atoms with E-state index >= 15 is 0 Å². The third-order valence-corrected chi connectivity index (χ3v) is 5.19. The minimum atomic E-state index is 0.215. The Hall–Kier alpha value is -3.03. The lowest BCUT2D eigenvalue weighted by atomic mass is 9.96. The quantitative estimate of drug-likeness (QED) is 0.628. The van der Waals surface area contributed by atoms with Crippen molar-refractivity contribution < 1.29 is 4.79 Å². The third kappa shape index (κ3) is 4.44. The van der Waals surface area contributed by atoms with Gasteiger partial charge in [-0.25, -0.2) is 9.97 Å². The molecule has 1 aliphatic rings. The second-order valence-corrected chi connectivity index (χ2v) is 7.18. The van der Waals surface area contributed by atoms with E-state index in [0.717, 1.165) is 50.4 Å². The SMILES string of the molecule is O=C(CCCn1cncn1)N1CCC[C@@H](c2nccn2Cc2ccccn2)C1. The van der Waals surface area contributed by atoms with Gasteiger partial charge in [0.15, 0.2) is 0 Å². The summed E-state index contributed by atoms with van der Waals surface area (Å²) >= 11 is 0. The Bertz CT molecular complexity index is 875. The van der Waals surface area contributed by atoms with Crippen LogP contribution in [0.15, 0.2) is 49.4 Å². The zero-order valence-electron chi connectivity index (χ0n) is 15.9. The predicted octanol–water partition coefficient (Wildman–Crippen LogP) is 2.10. The van der Waals surface area contributed by atoms with E-state index in [2.05, 4.69) is 24.6 Å². The Balaban J connectivity index is 1.35. The maximum Gasteiger partial charge on any atom is 0.222 e. The number of aryl methyl sites for hydroxylation is 1. The first-order valence-corrected chi connectivity index (χ1v) is 9.81. The molecule has 1 amide bonds. The van der Waals surface area contributed by atoms with Gasteiger partial charge in [0.1, 0.15) is 18.5 Å². The largest absolute Gasteiger partial charge is 0.342 e. The van der Waals surface area contributed by atoms with Crippen molar-refractivity contribution in [2.24, 2.45) is 0 Å². The molecular formula is C20H25N7O. The Kier molecular flexibility index (Phi) is 5.75. The number of amides is 1. The molecule has 0 aliphatic carbocycles. The van der Waals surface area contributed by atoms with Gasteiger partial charge in [-0.3, -0.25) is 14.5 Å². The number of carbonyl (C=O) groups excluding carboxylic acids is 1. The summed E-state index contributed by atoms with van der Waals surface area (Å²) in [5.74, 6) is 1.53. The number of aromatic nitrogens is 6. The van der Waals surface area contributed by atoms with Crippen LogP contribution in [0.4, 0.5) is 0 Å². The number of rotatable bonds is 7. The summed E-state index contributed by atoms with van der Waals surface area (Å²) in [5.41, 5.74) is 1.01. The number of likely N-dealkylation sites (tertiary alicyclic amines) is 1. The molecule has 146 valence electrons. The van der Waals surface area contributed by atoms with E-state index in [-0.39, 0.29) is 11.8 Å². The molecule has 8 nitrogen and oxygen atoms in total. The smallest absolute Gasteiger partial charge is 0.222 e. The standard InChI is InChI=1S/C20H25N7O/c28-19(7-4-11-27-16-21-15-24-27)25-10-3-5-17(13-25)20-23-9-12-26(20)14-18-6-1-2-8-22-18/h1-2,6,8-9,12,15-17H,3-5,7,10-11,13-14H2/t17-/m1/s1. The van der Waals surface area contributed by atoms with Crippen LogP contribution in [0.25, 0.3) is 0 Å². The summed E-state index contributed by atoms with van der Waals surface area (Å²) < 4.78 is 3.92. The van der Waals surface area contributed by atoms with E-state index in [1.165, 1.54) is 6.33 Å². The number of hydrogen-bond acceptors (Lipinski definition) is 5. The van der Waals surface area contributed by atoms with E-state index in [4.69, 9.17) is 0 Å². The van der Waals surface area contributed by atoms with Gasteiger partial charge in [0.25, 0.3) is 0 Å². The molecule has 0 unspecified atom stereocenters. The van der Waals surface area contributed by atoms with Crippen molar-refractivity contribution in [1.82, 2.24) is 34.2 Å². The van der Waals surface area contributed by atoms with E-state index in [1.807, 2.05) is 41.7 Å². The van der Waals surface area contributed by atoms with Gasteiger partial charge in [-0.05, 0) is 31.4 Å². The number of nitrogens with zero attached hydrogens (tertiary/aromatic N) is 7. The van der Waals surface area contributed by atoms with Crippen LogP contribution >= 0.6 is 0 Å². The molecule has 8 heteroatoms. The van der Waals surface area contributed by atoms with Gasteiger partial charge in [0.05, 0.1) is 12.2 Å². The maximum atomic E-state index is 12.7. The van der Waals surface area contributed by atoms with Crippen LogP contribution in [-0.4, -0.2) is 53.2 Å². The van der Waals surface area contributed by atoms with Crippen LogP contribution in [0.1, 0.15) is 43.1 Å². The van der Waals surface area contributed by atoms with Crippen molar-refractivity contribution in [2.45, 2.75) is 44.7 Å². The highest BCUT2D eigenvalue weighted by Crippen LogP contribution is 2.26. The lowest BCUT2D eigenvalue weighted by molar-refractivity contribution is -0.132. The van der Waals surface area contributed by atoms with Gasteiger partial charge in [-0.1, -0.05) is 6.07 Å². The molecule has 0 bridgehead atoms. The average Bonchev–Trinajstić information content (AvgIpc) is 3.41. The van der Waals surface area contributed by atoms with Crippen molar-refractivity contribution in [3.63, 3.8) is 0 Å². The van der Waals surface area contributed by atoms with E-state index in [1.54, 1.807) is 11.0 Å². The lowest BCUT2D eigenvalue weighted by Crippen LogP contribution is -2.39. The molecule has 0 aromatic carbocycles. The third-order valence-electron chi connectivity index (χ3n) is 5.19. The molecule has 0 N–H and O–H groups in total. The fourth-order valence-corrected chi connectivity index (χ4v) is 3.79. The highest BCUT2D eigenvalue weighted by molar-refractivity contribution is 5.76. The summed E-state index contributed by atoms with van der Waals surface area (Å²) in [7, 11) is 0. The highest BCUT2D eigenvalue weighted by Gasteiger charge is 2.27. The van der Waals surface area contributed by atoms with Gasteiger partial charge in [-0.2, -0.15) is 5.10 Å². The van der Waals surface area contributed by atoms with E-state index < -0.39 is 0 Å². The Morgan fingerprint density at radius 3 is 3.00 bits per heavy atom. The molecular weight excluding hydrogens is 354 g/mol. The van der Waals surface area contributed by atoms with Crippen molar-refractivity contribution in [1.29, 1.82) is 0 Å². The fourth-order valence-electron chi connectivity index (χ4n) is 3.79. The average molecular weight is 379 g/mol. The number of pyridine rings is 1. The summed E-state index contributed by atoms with van der Waals surface area (Å²) in [5, 5.41) is 4.08. The molecule has 4 heterocycles. The zero-order chi connectivity index (χ0) is 19.2. The molecule has 28 heavy (non-hydrogen) atoms. The molecule has 3 aromatic rings. The first-order chi connectivity index (χ1) is 13.8. The van der Waals surface area contributed by atoms with Crippen LogP contribution in [0.2, 0.25) is 0 Å². The fraction of sp³-hybridized carbons (Fsp3) is 0.450. The molecule has 4 rings (SSSR count). The van der Waals surface area contributed by atoms with Gasteiger partial charge >= 0.3 is 0 Å². The summed E-state index contributed by atoms with van der Waals surface area (Å²) in [4.78, 5) is 27.6. The second kappa shape index (κ2) is 8.77. The van der Waals surface area contributed by atoms with Gasteiger partial charge < -0.3 is 9.47 Å². The van der Waals surface area contributed by atoms with Crippen LogP contribution in [0.5, 0.6) is 0 Å².